The highest BCUT2D eigenvalue weighted by molar-refractivity contribution is 5.81. The van der Waals surface area contributed by atoms with Gasteiger partial charge in [0.05, 0.1) is 36.1 Å². The molecule has 4 rings (SSSR count). The van der Waals surface area contributed by atoms with E-state index in [1.807, 2.05) is 0 Å². The molecule has 1 saturated heterocycles. The van der Waals surface area contributed by atoms with Gasteiger partial charge in [-0.1, -0.05) is 12.1 Å². The number of aliphatic hydroxyl groups excluding tert-OH is 1. The molecule has 0 aliphatic carbocycles. The number of anilines is 1. The number of para-hydroxylation sites is 1. The van der Waals surface area contributed by atoms with Gasteiger partial charge in [0.2, 0.25) is 0 Å². The van der Waals surface area contributed by atoms with Gasteiger partial charge < -0.3 is 20.3 Å². The molecule has 11 nitrogen and oxygen atoms in total. The summed E-state index contributed by atoms with van der Waals surface area (Å²) in [5.74, 6) is 0.268. The summed E-state index contributed by atoms with van der Waals surface area (Å²) in [7, 11) is 0. The highest BCUT2D eigenvalue weighted by atomic mass is 16.6. The lowest BCUT2D eigenvalue weighted by molar-refractivity contribution is -0.386. The molecule has 0 bridgehead atoms. The molecule has 3 aromatic rings. The molecule has 1 aliphatic rings. The number of imidazole rings is 1. The summed E-state index contributed by atoms with van der Waals surface area (Å²) in [6, 6.07) is 6.38. The maximum atomic E-state index is 11.2. The Morgan fingerprint density at radius 3 is 2.96 bits per heavy atom. The summed E-state index contributed by atoms with van der Waals surface area (Å²) < 4.78 is 13.5. The number of ether oxygens (including phenoxy) is 2. The van der Waals surface area contributed by atoms with Crippen molar-refractivity contribution in [3.8, 4) is 0 Å². The number of hydrogen-bond acceptors (Lipinski definition) is 9. The molecule has 1 fully saturated rings. The summed E-state index contributed by atoms with van der Waals surface area (Å²) in [5, 5.41) is 20.8. The van der Waals surface area contributed by atoms with Crippen LogP contribution in [0.15, 0.2) is 36.9 Å². The number of nitrogens with zero attached hydrogens (tertiary/aromatic N) is 5. The Balaban J connectivity index is 1.52. The molecule has 11 heteroatoms. The molecule has 1 unspecified atom stereocenters. The van der Waals surface area contributed by atoms with E-state index in [0.717, 1.165) is 0 Å². The van der Waals surface area contributed by atoms with Gasteiger partial charge in [-0.3, -0.25) is 14.7 Å². The molecule has 0 spiro atoms. The van der Waals surface area contributed by atoms with E-state index in [1.165, 1.54) is 12.4 Å². The van der Waals surface area contributed by atoms with Crippen molar-refractivity contribution >= 4 is 22.7 Å². The quantitative estimate of drug-likeness (QED) is 0.470. The normalized spacial score (nSPS) is 22.0. The van der Waals surface area contributed by atoms with Crippen LogP contribution in [0.2, 0.25) is 0 Å². The molecule has 3 atom stereocenters. The minimum absolute atomic E-state index is 0.00806. The zero-order chi connectivity index (χ0) is 19.7. The van der Waals surface area contributed by atoms with E-state index < -0.39 is 23.4 Å². The van der Waals surface area contributed by atoms with E-state index in [9.17, 15) is 15.2 Å². The fourth-order valence-electron chi connectivity index (χ4n) is 3.30. The number of rotatable bonds is 6. The summed E-state index contributed by atoms with van der Waals surface area (Å²) >= 11 is 0. The van der Waals surface area contributed by atoms with Crippen molar-refractivity contribution in [2.45, 2.75) is 31.5 Å². The number of benzene rings is 1. The Kier molecular flexibility index (Phi) is 4.86. The minimum atomic E-state index is -0.579. The van der Waals surface area contributed by atoms with Crippen LogP contribution in [0.4, 0.5) is 11.5 Å². The lowest BCUT2D eigenvalue weighted by Crippen LogP contribution is -2.27. The molecule has 0 amide bonds. The lowest BCUT2D eigenvalue weighted by atomic mass is 10.1. The van der Waals surface area contributed by atoms with Gasteiger partial charge in [-0.2, -0.15) is 0 Å². The van der Waals surface area contributed by atoms with Crippen molar-refractivity contribution in [2.75, 3.05) is 12.3 Å². The average molecular weight is 386 g/mol. The maximum absolute atomic E-state index is 11.2. The number of aliphatic hydroxyl groups is 1. The van der Waals surface area contributed by atoms with Gasteiger partial charge in [0.15, 0.2) is 11.5 Å². The average Bonchev–Trinajstić information content (AvgIpc) is 3.31. The molecule has 28 heavy (non-hydrogen) atoms. The Bertz CT molecular complexity index is 1010. The van der Waals surface area contributed by atoms with Crippen molar-refractivity contribution in [3.05, 3.63) is 52.6 Å². The molecular weight excluding hydrogens is 368 g/mol. The van der Waals surface area contributed by atoms with E-state index in [-0.39, 0.29) is 24.7 Å². The van der Waals surface area contributed by atoms with Gasteiger partial charge >= 0.3 is 0 Å². The van der Waals surface area contributed by atoms with Crippen molar-refractivity contribution in [2.24, 2.45) is 0 Å². The van der Waals surface area contributed by atoms with E-state index >= 15 is 0 Å². The maximum Gasteiger partial charge on any atom is 0.274 e. The number of hydrogen-bond donors (Lipinski definition) is 2. The van der Waals surface area contributed by atoms with Crippen molar-refractivity contribution in [1.82, 2.24) is 19.5 Å². The zero-order valence-corrected chi connectivity index (χ0v) is 14.7. The molecule has 1 aromatic carbocycles. The zero-order valence-electron chi connectivity index (χ0n) is 14.7. The van der Waals surface area contributed by atoms with E-state index in [1.54, 1.807) is 29.1 Å². The lowest BCUT2D eigenvalue weighted by Gasteiger charge is -2.16. The second-order valence-corrected chi connectivity index (χ2v) is 6.37. The van der Waals surface area contributed by atoms with Crippen molar-refractivity contribution < 1.29 is 19.5 Å². The molecule has 1 aliphatic heterocycles. The number of nitrogens with two attached hydrogens (primary N) is 1. The predicted octanol–water partition coefficient (Wildman–Crippen LogP) is 1.18. The van der Waals surface area contributed by atoms with E-state index in [2.05, 4.69) is 15.0 Å². The third-order valence-corrected chi connectivity index (χ3v) is 4.70. The molecule has 2 aromatic heterocycles. The topological polar surface area (TPSA) is 151 Å². The predicted molar refractivity (Wildman–Crippen MR) is 97.0 cm³/mol. The first-order valence-electron chi connectivity index (χ1n) is 8.61. The van der Waals surface area contributed by atoms with Gasteiger partial charge in [-0.15, -0.1) is 0 Å². The van der Waals surface area contributed by atoms with Crippen LogP contribution in [-0.2, 0) is 16.1 Å². The Labute approximate surface area is 158 Å². The second kappa shape index (κ2) is 7.46. The molecular formula is C17H18N6O5. The first-order valence-corrected chi connectivity index (χ1v) is 8.61. The third-order valence-electron chi connectivity index (χ3n) is 4.70. The SMILES string of the molecule is Nc1ncnc2c1ncn2[C@H]1CC(OCc2ccccc2[N+](=O)[O-])[C@@H](CO)O1. The Hall–Kier alpha value is -3.15. The number of aromatic nitrogens is 4. The van der Waals surface area contributed by atoms with Crippen LogP contribution >= 0.6 is 0 Å². The molecule has 3 heterocycles. The van der Waals surface area contributed by atoms with Crippen LogP contribution in [-0.4, -0.2) is 48.4 Å². The number of nitro benzene ring substituents is 1. The fraction of sp³-hybridized carbons (Fsp3) is 0.353. The first kappa shape index (κ1) is 18.2. The first-order chi connectivity index (χ1) is 13.6. The van der Waals surface area contributed by atoms with Crippen LogP contribution in [0, 0.1) is 10.1 Å². The van der Waals surface area contributed by atoms with Crippen LogP contribution in [0.5, 0.6) is 0 Å². The van der Waals surface area contributed by atoms with Crippen LogP contribution < -0.4 is 5.73 Å². The van der Waals surface area contributed by atoms with Gasteiger partial charge in [0.25, 0.3) is 5.69 Å². The molecule has 3 N–H and O–H groups in total. The number of nitro groups is 1. The second-order valence-electron chi connectivity index (χ2n) is 6.37. The van der Waals surface area contributed by atoms with Crippen molar-refractivity contribution in [1.29, 1.82) is 0 Å². The van der Waals surface area contributed by atoms with Gasteiger partial charge in [-0.25, -0.2) is 15.0 Å². The molecule has 146 valence electrons. The standard InChI is InChI=1S/C17H18N6O5/c18-16-15-17(20-8-19-16)22(9-21-15)14-5-12(13(6-24)28-14)27-7-10-3-1-2-4-11(10)23(25)26/h1-4,8-9,12-14,24H,5-7H2,(H2,18,19,20)/t12?,13-,14-/m1/s1. The summed E-state index contributed by atoms with van der Waals surface area (Å²) in [6.07, 6.45) is 1.82. The fourth-order valence-corrected chi connectivity index (χ4v) is 3.30. The molecule has 0 radical (unpaired) electrons. The molecule has 0 saturated carbocycles. The third kappa shape index (κ3) is 3.26. The van der Waals surface area contributed by atoms with Crippen LogP contribution in [0.3, 0.4) is 0 Å². The summed E-state index contributed by atoms with van der Waals surface area (Å²) in [4.78, 5) is 23.0. The van der Waals surface area contributed by atoms with E-state index in [0.29, 0.717) is 23.1 Å². The highest BCUT2D eigenvalue weighted by Gasteiger charge is 2.37. The van der Waals surface area contributed by atoms with E-state index in [4.69, 9.17) is 15.2 Å². The Morgan fingerprint density at radius 2 is 2.18 bits per heavy atom. The minimum Gasteiger partial charge on any atom is -0.394 e. The van der Waals surface area contributed by atoms with Crippen LogP contribution in [0.25, 0.3) is 11.2 Å². The number of fused-ring (bicyclic) bond motifs is 1. The monoisotopic (exact) mass is 386 g/mol. The Morgan fingerprint density at radius 1 is 1.36 bits per heavy atom. The van der Waals surface area contributed by atoms with Gasteiger partial charge in [0, 0.05) is 12.5 Å². The highest BCUT2D eigenvalue weighted by Crippen LogP contribution is 2.33. The largest absolute Gasteiger partial charge is 0.394 e. The van der Waals surface area contributed by atoms with Gasteiger partial charge in [0.1, 0.15) is 24.2 Å². The van der Waals surface area contributed by atoms with Crippen molar-refractivity contribution in [3.63, 3.8) is 0 Å². The summed E-state index contributed by atoms with van der Waals surface area (Å²) in [5.41, 5.74) is 7.25. The number of nitrogen functional groups attached to an aromatic ring is 1. The van der Waals surface area contributed by atoms with Crippen LogP contribution in [0.1, 0.15) is 18.2 Å². The summed E-state index contributed by atoms with van der Waals surface area (Å²) in [6.45, 7) is -0.212. The smallest absolute Gasteiger partial charge is 0.274 e. The van der Waals surface area contributed by atoms with Gasteiger partial charge in [-0.05, 0) is 6.07 Å².